The second-order valence-electron chi connectivity index (χ2n) is 23.6. The van der Waals surface area contributed by atoms with Crippen molar-refractivity contribution in [3.05, 3.63) is 11.6 Å². The first kappa shape index (κ1) is 52.6. The zero-order valence-electron chi connectivity index (χ0n) is 40.7. The van der Waals surface area contributed by atoms with Crippen LogP contribution in [0, 0.1) is 50.2 Å². The summed E-state index contributed by atoms with van der Waals surface area (Å²) in [7, 11) is 1.08. The second kappa shape index (κ2) is 18.6. The van der Waals surface area contributed by atoms with Crippen molar-refractivity contribution in [3.63, 3.8) is 0 Å². The first-order valence-electron chi connectivity index (χ1n) is 24.6. The maximum absolute atomic E-state index is 13.8. The molecule has 3 aliphatic heterocycles. The number of Topliss-reactive ketones (excluding diaryl/α,β-unsaturated/α-hetero) is 1. The Bertz CT molecular complexity index is 1900. The fourth-order valence-electron chi connectivity index (χ4n) is 15.0. The highest BCUT2D eigenvalue weighted by molar-refractivity contribution is 5.87. The average Bonchev–Trinajstić information content (AvgIpc) is 3.29. The molecule has 388 valence electrons. The van der Waals surface area contributed by atoms with Gasteiger partial charge in [-0.15, -0.1) is 0 Å². The van der Waals surface area contributed by atoms with E-state index >= 15 is 0 Å². The van der Waals surface area contributed by atoms with Crippen molar-refractivity contribution in [2.45, 2.75) is 204 Å². The number of carbonyl (C=O) groups excluding carboxylic acids is 2. The molecule has 8 aliphatic rings. The molecule has 19 heteroatoms. The SMILES string of the molecule is COC(=O)[C@H]1O[C@@H](O[C@H]2CC[C@@]3(C)[C@@H](CC[C@]4(C)[C@@H]3CC=C3[C@@H]5CC(C)(C)CC(=O)[C@]5(C)CC[C@]34C)[C@@]2(C)CO)[C@H](O[C@@H]2O[C@H](CO)[C@H](O)[C@H](O)[C@H]2O[C@@H]2O[C@H](CO)[C@@H](O)[C@H](O)[C@H]2O)[C@@H](O)[C@@H]1O. The molecule has 8 rings (SSSR count). The van der Waals surface area contributed by atoms with Crippen molar-refractivity contribution >= 4 is 11.8 Å². The van der Waals surface area contributed by atoms with Gasteiger partial charge in [-0.25, -0.2) is 4.79 Å². The van der Waals surface area contributed by atoms with E-state index in [0.29, 0.717) is 25.0 Å². The lowest BCUT2D eigenvalue weighted by molar-refractivity contribution is -0.397. The number of carbonyl (C=O) groups is 2. The minimum absolute atomic E-state index is 0.0846. The van der Waals surface area contributed by atoms with E-state index in [-0.39, 0.29) is 51.4 Å². The van der Waals surface area contributed by atoms with Crippen LogP contribution in [0.5, 0.6) is 0 Å². The van der Waals surface area contributed by atoms with Crippen molar-refractivity contribution in [3.8, 4) is 0 Å². The first-order chi connectivity index (χ1) is 31.8. The number of aliphatic hydroxyl groups is 10. The number of hydrogen-bond acceptors (Lipinski definition) is 19. The molecule has 0 aromatic heterocycles. The normalized spacial score (nSPS) is 53.5. The zero-order valence-corrected chi connectivity index (χ0v) is 40.7. The molecule has 3 heterocycles. The van der Waals surface area contributed by atoms with Gasteiger partial charge in [-0.05, 0) is 90.8 Å². The summed E-state index contributed by atoms with van der Waals surface area (Å²) in [6, 6.07) is 0. The number of methoxy groups -OCH3 is 1. The number of rotatable bonds is 10. The summed E-state index contributed by atoms with van der Waals surface area (Å²) in [4.78, 5) is 26.9. The fourth-order valence-corrected chi connectivity index (χ4v) is 15.0. The van der Waals surface area contributed by atoms with E-state index in [4.69, 9.17) is 33.2 Å². The van der Waals surface area contributed by atoms with Crippen LogP contribution in [0.25, 0.3) is 0 Å². The van der Waals surface area contributed by atoms with Crippen LogP contribution in [0.2, 0.25) is 0 Å². The van der Waals surface area contributed by atoms with Crippen LogP contribution in [0.4, 0.5) is 0 Å². The summed E-state index contributed by atoms with van der Waals surface area (Å²) in [5.41, 5.74) is -0.500. The largest absolute Gasteiger partial charge is 0.467 e. The summed E-state index contributed by atoms with van der Waals surface area (Å²) in [6.45, 7) is 13.8. The molecule has 0 bridgehead atoms. The molecule has 0 amide bonds. The molecule has 68 heavy (non-hydrogen) atoms. The lowest BCUT2D eigenvalue weighted by atomic mass is 9.33. The average molecular weight is 971 g/mol. The van der Waals surface area contributed by atoms with E-state index in [0.717, 1.165) is 45.6 Å². The molecule has 0 aromatic rings. The van der Waals surface area contributed by atoms with Gasteiger partial charge < -0.3 is 84.2 Å². The Morgan fingerprint density at radius 1 is 0.676 bits per heavy atom. The van der Waals surface area contributed by atoms with Crippen molar-refractivity contribution in [2.24, 2.45) is 50.2 Å². The maximum Gasteiger partial charge on any atom is 0.337 e. The number of ether oxygens (including phenoxy) is 7. The van der Waals surface area contributed by atoms with Crippen molar-refractivity contribution in [1.82, 2.24) is 0 Å². The van der Waals surface area contributed by atoms with E-state index in [2.05, 4.69) is 47.6 Å². The van der Waals surface area contributed by atoms with Crippen LogP contribution >= 0.6 is 0 Å². The first-order valence-corrected chi connectivity index (χ1v) is 24.6. The molecule has 7 fully saturated rings. The topological polar surface area (TPSA) is 301 Å². The van der Waals surface area contributed by atoms with E-state index in [9.17, 15) is 60.7 Å². The maximum atomic E-state index is 13.8. The Morgan fingerprint density at radius 2 is 1.26 bits per heavy atom. The Hall–Kier alpha value is -1.76. The Morgan fingerprint density at radius 3 is 1.88 bits per heavy atom. The number of ketones is 1. The highest BCUT2D eigenvalue weighted by atomic mass is 16.8. The molecule has 0 unspecified atom stereocenters. The number of esters is 1. The van der Waals surface area contributed by atoms with Gasteiger partial charge in [-0.3, -0.25) is 4.79 Å². The van der Waals surface area contributed by atoms with E-state index in [1.165, 1.54) is 5.57 Å². The van der Waals surface area contributed by atoms with E-state index < -0.39 is 123 Å². The summed E-state index contributed by atoms with van der Waals surface area (Å²) >= 11 is 0. The monoisotopic (exact) mass is 971 g/mol. The van der Waals surface area contributed by atoms with Crippen molar-refractivity contribution in [1.29, 1.82) is 0 Å². The van der Waals surface area contributed by atoms with E-state index in [1.54, 1.807) is 0 Å². The lowest BCUT2D eigenvalue weighted by Gasteiger charge is -2.71. The Labute approximate surface area is 398 Å². The summed E-state index contributed by atoms with van der Waals surface area (Å²) < 4.78 is 41.4. The van der Waals surface area contributed by atoms with Crippen LogP contribution in [0.15, 0.2) is 11.6 Å². The van der Waals surface area contributed by atoms with Crippen LogP contribution in [0.3, 0.4) is 0 Å². The van der Waals surface area contributed by atoms with Crippen molar-refractivity contribution in [2.75, 3.05) is 26.9 Å². The molecule has 0 aromatic carbocycles. The van der Waals surface area contributed by atoms with Gasteiger partial charge in [0.2, 0.25) is 0 Å². The van der Waals surface area contributed by atoms with Crippen molar-refractivity contribution < 1.29 is 93.8 Å². The number of allylic oxidation sites excluding steroid dienone is 2. The Kier molecular flexibility index (Phi) is 14.4. The minimum atomic E-state index is -1.98. The van der Waals surface area contributed by atoms with Gasteiger partial charge in [0.1, 0.15) is 72.9 Å². The predicted molar refractivity (Wildman–Crippen MR) is 235 cm³/mol. The summed E-state index contributed by atoms with van der Waals surface area (Å²) in [5, 5.41) is 109. The molecular formula is C49H78O19. The third kappa shape index (κ3) is 8.09. The molecule has 5 aliphatic carbocycles. The minimum Gasteiger partial charge on any atom is -0.467 e. The van der Waals surface area contributed by atoms with Gasteiger partial charge in [0.05, 0.1) is 33.0 Å². The molecule has 19 nitrogen and oxygen atoms in total. The molecule has 4 saturated carbocycles. The third-order valence-corrected chi connectivity index (χ3v) is 19.5. The van der Waals surface area contributed by atoms with Gasteiger partial charge in [0, 0.05) is 17.3 Å². The molecule has 10 N–H and O–H groups in total. The molecular weight excluding hydrogens is 893 g/mol. The van der Waals surface area contributed by atoms with Crippen LogP contribution in [-0.4, -0.2) is 188 Å². The highest BCUT2D eigenvalue weighted by Crippen LogP contribution is 2.75. The zero-order chi connectivity index (χ0) is 49.8. The van der Waals surface area contributed by atoms with Gasteiger partial charge >= 0.3 is 5.97 Å². The number of fused-ring (bicyclic) bond motifs is 7. The second-order valence-corrected chi connectivity index (χ2v) is 23.6. The summed E-state index contributed by atoms with van der Waals surface area (Å²) in [6.07, 6.45) is -18.5. The van der Waals surface area contributed by atoms with Gasteiger partial charge in [0.25, 0.3) is 0 Å². The standard InChI is InChI=1S/C49H78O19/c1-44(2)17-23-22-9-10-27-46(4)13-12-29(47(5,21-52)26(46)11-14-49(27,7)48(22,6)16-15-45(23,3)28(53)18-44)65-43-39(35(59)34(58)37(66-43)40(61)62-8)68-42-38(33(57)31(55)25(20-51)64-42)67-41-36(60)32(56)30(54)24(19-50)63-41/h9,23-27,29-39,41-43,50-52,54-60H,10-21H2,1-8H3/t23-,24+,25+,26+,27+,29-,30+,31-,32-,33-,34-,35-,36+,37-,38+,39+,41-,42-,43+,45+,46-,47+,48+,49+/m0/s1. The molecule has 0 radical (unpaired) electrons. The molecule has 3 saturated heterocycles. The summed E-state index contributed by atoms with van der Waals surface area (Å²) in [5.74, 6) is -0.351. The number of aliphatic hydroxyl groups excluding tert-OH is 10. The van der Waals surface area contributed by atoms with Crippen LogP contribution in [-0.2, 0) is 42.7 Å². The van der Waals surface area contributed by atoms with Crippen LogP contribution in [0.1, 0.15) is 106 Å². The van der Waals surface area contributed by atoms with Gasteiger partial charge in [0.15, 0.2) is 25.0 Å². The van der Waals surface area contributed by atoms with Gasteiger partial charge in [-0.2, -0.15) is 0 Å². The lowest BCUT2D eigenvalue weighted by Crippen LogP contribution is -2.68. The van der Waals surface area contributed by atoms with E-state index in [1.807, 2.05) is 6.92 Å². The smallest absolute Gasteiger partial charge is 0.337 e. The number of hydrogen-bond donors (Lipinski definition) is 10. The molecule has 24 atom stereocenters. The quantitative estimate of drug-likeness (QED) is 0.0781. The third-order valence-electron chi connectivity index (χ3n) is 19.5. The highest BCUT2D eigenvalue weighted by Gasteiger charge is 2.70. The molecule has 0 spiro atoms. The predicted octanol–water partition coefficient (Wildman–Crippen LogP) is -0.0264. The van der Waals surface area contributed by atoms with Crippen LogP contribution < -0.4 is 0 Å². The fraction of sp³-hybridized carbons (Fsp3) is 0.918. The Balaban J connectivity index is 1.08. The van der Waals surface area contributed by atoms with Gasteiger partial charge in [-0.1, -0.05) is 60.1 Å².